The van der Waals surface area contributed by atoms with Crippen LogP contribution in [0.3, 0.4) is 0 Å². The second kappa shape index (κ2) is 8.65. The van der Waals surface area contributed by atoms with Gasteiger partial charge in [-0.1, -0.05) is 35.6 Å². The third-order valence-corrected chi connectivity index (χ3v) is 6.80. The van der Waals surface area contributed by atoms with E-state index in [9.17, 15) is 26.4 Å². The zero-order chi connectivity index (χ0) is 24.7. The number of nitrogens with zero attached hydrogens (tertiary/aromatic N) is 4. The normalized spacial score (nSPS) is 12.0. The van der Waals surface area contributed by atoms with Gasteiger partial charge in [0.1, 0.15) is 10.7 Å². The topological polar surface area (TPSA) is 104 Å². The summed E-state index contributed by atoms with van der Waals surface area (Å²) in [4.78, 5) is 12.2. The molecular formula is C21H15F3N4O4S2. The van der Waals surface area contributed by atoms with Crippen LogP contribution in [-0.2, 0) is 20.8 Å². The molecule has 2 aromatic heterocycles. The number of benzene rings is 2. The molecule has 0 aliphatic heterocycles. The van der Waals surface area contributed by atoms with Gasteiger partial charge in [0.05, 0.1) is 23.3 Å². The molecule has 0 saturated heterocycles. The van der Waals surface area contributed by atoms with Crippen LogP contribution < -0.4 is 0 Å². The number of alkyl halides is 3. The lowest BCUT2D eigenvalue weighted by Crippen LogP contribution is -2.12. The van der Waals surface area contributed by atoms with Crippen LogP contribution in [0.5, 0.6) is 0 Å². The van der Waals surface area contributed by atoms with Gasteiger partial charge in [-0.15, -0.1) is 10.2 Å². The second-order valence-electron chi connectivity index (χ2n) is 7.05. The average molecular weight is 509 g/mol. The van der Waals surface area contributed by atoms with Gasteiger partial charge in [0.2, 0.25) is 0 Å². The minimum atomic E-state index is -4.68. The van der Waals surface area contributed by atoms with Crippen LogP contribution >= 0.6 is 11.3 Å². The number of rotatable bonds is 5. The smallest absolute Gasteiger partial charge is 0.418 e. The standard InChI is InChI=1S/C21H15F3N4O4S2/c1-32-20(29)15-11-17(28(27-15)16-9-4-3-8-14(16)21(22,23)24)19-26-25-18(33-19)12-6-5-7-13(10-12)34(2,30)31/h3-11H,1-2H3. The average Bonchev–Trinajstić information content (AvgIpc) is 3.45. The van der Waals surface area contributed by atoms with Gasteiger partial charge in [0, 0.05) is 17.9 Å². The van der Waals surface area contributed by atoms with Crippen LogP contribution in [0.1, 0.15) is 16.1 Å². The van der Waals surface area contributed by atoms with E-state index in [1.54, 1.807) is 12.1 Å². The van der Waals surface area contributed by atoms with E-state index in [4.69, 9.17) is 0 Å². The SMILES string of the molecule is COC(=O)c1cc(-c2nnc(-c3cccc(S(C)(=O)=O)c3)s2)n(-c2ccccc2C(F)(F)F)n1. The van der Waals surface area contributed by atoms with Gasteiger partial charge in [-0.2, -0.15) is 18.3 Å². The molecule has 2 heterocycles. The lowest BCUT2D eigenvalue weighted by molar-refractivity contribution is -0.137. The summed E-state index contributed by atoms with van der Waals surface area (Å²) in [6.45, 7) is 0. The molecule has 0 N–H and O–H groups in total. The van der Waals surface area contributed by atoms with E-state index in [1.807, 2.05) is 0 Å². The summed E-state index contributed by atoms with van der Waals surface area (Å²) >= 11 is 1.00. The molecule has 0 aliphatic rings. The summed E-state index contributed by atoms with van der Waals surface area (Å²) in [7, 11) is -2.34. The first-order valence-electron chi connectivity index (χ1n) is 9.48. The van der Waals surface area contributed by atoms with Crippen LogP contribution in [0.15, 0.2) is 59.5 Å². The minimum absolute atomic E-state index is 0.0823. The van der Waals surface area contributed by atoms with Gasteiger partial charge in [-0.3, -0.25) is 0 Å². The van der Waals surface area contributed by atoms with Gasteiger partial charge in [0.15, 0.2) is 20.5 Å². The summed E-state index contributed by atoms with van der Waals surface area (Å²) in [6, 6.07) is 12.1. The molecule has 0 atom stereocenters. The first-order chi connectivity index (χ1) is 16.0. The molecule has 0 amide bonds. The molecule has 0 saturated carbocycles. The van der Waals surface area contributed by atoms with Crippen molar-refractivity contribution >= 4 is 27.1 Å². The number of aromatic nitrogens is 4. The van der Waals surface area contributed by atoms with Gasteiger partial charge >= 0.3 is 12.1 Å². The van der Waals surface area contributed by atoms with Gasteiger partial charge in [-0.25, -0.2) is 17.9 Å². The second-order valence-corrected chi connectivity index (χ2v) is 10.0. The Kier molecular flexibility index (Phi) is 6.00. The maximum Gasteiger partial charge on any atom is 0.418 e. The van der Waals surface area contributed by atoms with Gasteiger partial charge < -0.3 is 4.74 Å². The highest BCUT2D eigenvalue weighted by atomic mass is 32.2. The number of para-hydroxylation sites is 1. The van der Waals surface area contributed by atoms with Crippen LogP contribution in [0, 0.1) is 0 Å². The maximum absolute atomic E-state index is 13.7. The molecule has 0 unspecified atom stereocenters. The van der Waals surface area contributed by atoms with E-state index in [1.165, 1.54) is 36.4 Å². The lowest BCUT2D eigenvalue weighted by atomic mass is 10.1. The predicted octanol–water partition coefficient (Wildman–Crippen LogP) is 4.27. The predicted molar refractivity (Wildman–Crippen MR) is 117 cm³/mol. The summed E-state index contributed by atoms with van der Waals surface area (Å²) in [5.41, 5.74) is -0.940. The summed E-state index contributed by atoms with van der Waals surface area (Å²) in [5, 5.41) is 12.6. The number of carbonyl (C=O) groups excluding carboxylic acids is 1. The number of ether oxygens (including phenoxy) is 1. The fraction of sp³-hybridized carbons (Fsp3) is 0.143. The molecule has 0 bridgehead atoms. The van der Waals surface area contributed by atoms with Crippen molar-refractivity contribution < 1.29 is 31.1 Å². The molecule has 4 aromatic rings. The molecule has 0 radical (unpaired) electrons. The number of hydrogen-bond acceptors (Lipinski definition) is 8. The first-order valence-corrected chi connectivity index (χ1v) is 12.2. The number of esters is 1. The number of halogens is 3. The van der Waals surface area contributed by atoms with E-state index >= 15 is 0 Å². The maximum atomic E-state index is 13.7. The molecule has 176 valence electrons. The van der Waals surface area contributed by atoms with Crippen molar-refractivity contribution in [3.05, 3.63) is 65.9 Å². The van der Waals surface area contributed by atoms with Gasteiger partial charge in [0.25, 0.3) is 0 Å². The third kappa shape index (κ3) is 4.56. The monoisotopic (exact) mass is 508 g/mol. The van der Waals surface area contributed by atoms with Crippen molar-refractivity contribution in [3.63, 3.8) is 0 Å². The largest absolute Gasteiger partial charge is 0.464 e. The van der Waals surface area contributed by atoms with E-state index in [-0.39, 0.29) is 27.0 Å². The van der Waals surface area contributed by atoms with Gasteiger partial charge in [-0.05, 0) is 24.3 Å². The zero-order valence-electron chi connectivity index (χ0n) is 17.6. The molecule has 4 rings (SSSR count). The lowest BCUT2D eigenvalue weighted by Gasteiger charge is -2.13. The summed E-state index contributed by atoms with van der Waals surface area (Å²) in [5.74, 6) is -0.838. The highest BCUT2D eigenvalue weighted by Gasteiger charge is 2.35. The Hall–Kier alpha value is -3.58. The molecular weight excluding hydrogens is 493 g/mol. The Labute approximate surface area is 195 Å². The molecule has 0 fully saturated rings. The molecule has 34 heavy (non-hydrogen) atoms. The van der Waals surface area contributed by atoms with Crippen molar-refractivity contribution in [2.24, 2.45) is 0 Å². The van der Waals surface area contributed by atoms with Crippen LogP contribution in [0.4, 0.5) is 13.2 Å². The summed E-state index contributed by atoms with van der Waals surface area (Å²) < 4.78 is 70.3. The number of methoxy groups -OCH3 is 1. The minimum Gasteiger partial charge on any atom is -0.464 e. The van der Waals surface area contributed by atoms with Crippen molar-refractivity contribution in [3.8, 4) is 27.0 Å². The Morgan fingerprint density at radius 3 is 2.41 bits per heavy atom. The highest BCUT2D eigenvalue weighted by Crippen LogP contribution is 2.37. The number of sulfone groups is 1. The molecule has 8 nitrogen and oxygen atoms in total. The molecule has 13 heteroatoms. The van der Waals surface area contributed by atoms with Crippen molar-refractivity contribution in [1.82, 2.24) is 20.0 Å². The number of hydrogen-bond donors (Lipinski definition) is 0. The fourth-order valence-electron chi connectivity index (χ4n) is 3.12. The third-order valence-electron chi connectivity index (χ3n) is 4.69. The first kappa shape index (κ1) is 23.6. The van der Waals surface area contributed by atoms with Crippen molar-refractivity contribution in [2.75, 3.05) is 13.4 Å². The van der Waals surface area contributed by atoms with E-state index in [2.05, 4.69) is 20.0 Å². The van der Waals surface area contributed by atoms with Crippen LogP contribution in [0.25, 0.3) is 27.0 Å². The molecule has 2 aromatic carbocycles. The van der Waals surface area contributed by atoms with Crippen molar-refractivity contribution in [1.29, 1.82) is 0 Å². The van der Waals surface area contributed by atoms with E-state index in [0.29, 0.717) is 10.6 Å². The zero-order valence-corrected chi connectivity index (χ0v) is 19.2. The summed E-state index contributed by atoms with van der Waals surface area (Å²) in [6.07, 6.45) is -3.60. The molecule has 0 aliphatic carbocycles. The Morgan fingerprint density at radius 1 is 1.03 bits per heavy atom. The van der Waals surface area contributed by atoms with E-state index < -0.39 is 27.5 Å². The Balaban J connectivity index is 1.87. The number of carbonyl (C=O) groups is 1. The Bertz CT molecular complexity index is 1490. The van der Waals surface area contributed by atoms with Crippen LogP contribution in [-0.4, -0.2) is 47.7 Å². The quantitative estimate of drug-likeness (QED) is 0.371. The molecule has 0 spiro atoms. The Morgan fingerprint density at radius 2 is 1.74 bits per heavy atom. The van der Waals surface area contributed by atoms with Crippen molar-refractivity contribution in [2.45, 2.75) is 11.1 Å². The van der Waals surface area contributed by atoms with Crippen LogP contribution in [0.2, 0.25) is 0 Å². The highest BCUT2D eigenvalue weighted by molar-refractivity contribution is 7.90. The fourth-order valence-corrected chi connectivity index (χ4v) is 4.63. The van der Waals surface area contributed by atoms with E-state index in [0.717, 1.165) is 35.5 Å².